The van der Waals surface area contributed by atoms with Gasteiger partial charge in [-0.15, -0.1) is 23.5 Å². The van der Waals surface area contributed by atoms with Crippen LogP contribution in [0, 0.1) is 40.9 Å². The molecule has 1 heterocycles. The second kappa shape index (κ2) is 2.79. The normalized spacial score (nSPS) is 67.5. The van der Waals surface area contributed by atoms with E-state index in [9.17, 15) is 4.79 Å². The largest absolute Gasteiger partial charge is 0.469 e. The molecule has 6 saturated carbocycles. The van der Waals surface area contributed by atoms with Gasteiger partial charge >= 0.3 is 5.97 Å². The van der Waals surface area contributed by atoms with E-state index in [1.807, 2.05) is 0 Å². The molecule has 0 aromatic rings. The highest BCUT2D eigenvalue weighted by Crippen LogP contribution is 3.02. The van der Waals surface area contributed by atoms with Gasteiger partial charge in [-0.05, 0) is 41.9 Å². The second-order valence-electron chi connectivity index (χ2n) is 7.14. The van der Waals surface area contributed by atoms with Crippen molar-refractivity contribution in [2.24, 2.45) is 40.9 Å². The molecule has 0 amide bonds. The number of esters is 1. The molecule has 0 aromatic heterocycles. The first-order valence-electron chi connectivity index (χ1n) is 7.20. The lowest BCUT2D eigenvalue weighted by Gasteiger charge is -3.00. The second-order valence-corrected chi connectivity index (χ2v) is 11.5. The Labute approximate surface area is 129 Å². The number of carbonyl (C=O) groups is 1. The van der Waals surface area contributed by atoms with Crippen LogP contribution in [0.2, 0.25) is 0 Å². The fraction of sp³-hybridized carbons (Fsp3) is 0.929. The third-order valence-corrected chi connectivity index (χ3v) is 13.5. The van der Waals surface area contributed by atoms with Gasteiger partial charge in [0.05, 0.1) is 20.9 Å². The maximum Gasteiger partial charge on any atom is 0.312 e. The van der Waals surface area contributed by atoms with Crippen LogP contribution in [0.3, 0.4) is 0 Å². The monoisotopic (exact) mass is 358 g/mol. The van der Waals surface area contributed by atoms with Gasteiger partial charge in [0.15, 0.2) is 0 Å². The summed E-state index contributed by atoms with van der Waals surface area (Å²) in [5.74, 6) is 7.11. The van der Waals surface area contributed by atoms with Crippen LogP contribution in [-0.4, -0.2) is 33.0 Å². The standard InChI is InChI=1S/C14H15BrO2S2/c1-17-11(16)13-6-5-4-12(18-2-3-19-12)14(15)9(6)8(13)10(14)7(5)13/h5-10H,2-4H2,1H3/t5?,6-,7+,8?,9-,10-,13?,14?/m1/s1. The van der Waals surface area contributed by atoms with Crippen LogP contribution in [-0.2, 0) is 9.53 Å². The summed E-state index contributed by atoms with van der Waals surface area (Å²) in [5, 5.41) is 0. The molecule has 8 atom stereocenters. The molecule has 1 saturated heterocycles. The van der Waals surface area contributed by atoms with Crippen molar-refractivity contribution >= 4 is 45.4 Å². The van der Waals surface area contributed by atoms with E-state index >= 15 is 0 Å². The molecule has 102 valence electrons. The van der Waals surface area contributed by atoms with Crippen molar-refractivity contribution in [3.63, 3.8) is 0 Å². The molecule has 4 unspecified atom stereocenters. The minimum absolute atomic E-state index is 0.00156. The summed E-state index contributed by atoms with van der Waals surface area (Å²) in [5.41, 5.74) is 0.00156. The van der Waals surface area contributed by atoms with Crippen molar-refractivity contribution in [3.8, 4) is 0 Å². The fourth-order valence-corrected chi connectivity index (χ4v) is 13.1. The minimum Gasteiger partial charge on any atom is -0.469 e. The zero-order valence-corrected chi connectivity index (χ0v) is 13.8. The lowest BCUT2D eigenvalue weighted by atomic mass is 9.06. The van der Waals surface area contributed by atoms with Gasteiger partial charge in [0.2, 0.25) is 0 Å². The topological polar surface area (TPSA) is 26.3 Å². The molecule has 1 aliphatic heterocycles. The zero-order chi connectivity index (χ0) is 12.8. The molecule has 1 spiro atoms. The van der Waals surface area contributed by atoms with Gasteiger partial charge in [0, 0.05) is 11.5 Å². The molecule has 7 rings (SSSR count). The minimum atomic E-state index is 0.00156. The maximum atomic E-state index is 12.2. The van der Waals surface area contributed by atoms with E-state index < -0.39 is 0 Å². The highest BCUT2D eigenvalue weighted by Gasteiger charge is 3.04. The molecular weight excluding hydrogens is 344 g/mol. The van der Waals surface area contributed by atoms with Crippen molar-refractivity contribution < 1.29 is 9.53 Å². The molecule has 0 aromatic carbocycles. The van der Waals surface area contributed by atoms with E-state index in [1.54, 1.807) is 7.11 Å². The maximum absolute atomic E-state index is 12.2. The van der Waals surface area contributed by atoms with Crippen LogP contribution in [0.5, 0.6) is 0 Å². The van der Waals surface area contributed by atoms with Crippen LogP contribution in [0.15, 0.2) is 0 Å². The first-order valence-corrected chi connectivity index (χ1v) is 9.96. The smallest absolute Gasteiger partial charge is 0.312 e. The molecule has 6 aliphatic carbocycles. The molecule has 2 nitrogen and oxygen atoms in total. The summed E-state index contributed by atoms with van der Waals surface area (Å²) in [6.07, 6.45) is 1.33. The van der Waals surface area contributed by atoms with Crippen molar-refractivity contribution in [2.75, 3.05) is 18.6 Å². The van der Waals surface area contributed by atoms with Crippen molar-refractivity contribution in [3.05, 3.63) is 0 Å². The van der Waals surface area contributed by atoms with Crippen molar-refractivity contribution in [2.45, 2.75) is 14.8 Å². The van der Waals surface area contributed by atoms with Crippen LogP contribution < -0.4 is 0 Å². The number of hydrogen-bond acceptors (Lipinski definition) is 4. The molecule has 7 aliphatic rings. The summed E-state index contributed by atoms with van der Waals surface area (Å²) in [6, 6.07) is 0. The Morgan fingerprint density at radius 3 is 2.37 bits per heavy atom. The zero-order valence-electron chi connectivity index (χ0n) is 10.6. The van der Waals surface area contributed by atoms with E-state index in [1.165, 1.54) is 17.9 Å². The van der Waals surface area contributed by atoms with E-state index in [-0.39, 0.29) is 11.4 Å². The first-order chi connectivity index (χ1) is 9.14. The SMILES string of the molecule is COC(=O)C12C3[C@H]4[C@H]1C1CC5(SCCS5)C4(Br)[C@@H]3[C@H]12. The average molecular weight is 359 g/mol. The summed E-state index contributed by atoms with van der Waals surface area (Å²) in [7, 11) is 1.57. The van der Waals surface area contributed by atoms with Gasteiger partial charge in [0.1, 0.15) is 0 Å². The number of hydrogen-bond donors (Lipinski definition) is 0. The first kappa shape index (κ1) is 11.2. The summed E-state index contributed by atoms with van der Waals surface area (Å²) in [6.45, 7) is 0. The van der Waals surface area contributed by atoms with Gasteiger partial charge in [0.25, 0.3) is 0 Å². The number of halogens is 1. The Morgan fingerprint density at radius 2 is 1.79 bits per heavy atom. The lowest BCUT2D eigenvalue weighted by Crippen LogP contribution is -3.04. The van der Waals surface area contributed by atoms with E-state index in [0.717, 1.165) is 17.8 Å². The highest BCUT2D eigenvalue weighted by atomic mass is 79.9. The quantitative estimate of drug-likeness (QED) is 0.531. The van der Waals surface area contributed by atoms with Crippen LogP contribution >= 0.6 is 39.5 Å². The van der Waals surface area contributed by atoms with E-state index in [4.69, 9.17) is 4.74 Å². The molecule has 7 fully saturated rings. The fourth-order valence-electron chi connectivity index (χ4n) is 7.39. The van der Waals surface area contributed by atoms with Crippen LogP contribution in [0.25, 0.3) is 0 Å². The number of rotatable bonds is 1. The number of ether oxygens (including phenoxy) is 1. The molecule has 19 heavy (non-hydrogen) atoms. The van der Waals surface area contributed by atoms with Gasteiger partial charge in [-0.1, -0.05) is 15.9 Å². The van der Waals surface area contributed by atoms with Crippen molar-refractivity contribution in [1.29, 1.82) is 0 Å². The lowest BCUT2D eigenvalue weighted by molar-refractivity contribution is -0.487. The van der Waals surface area contributed by atoms with Gasteiger partial charge in [-0.2, -0.15) is 0 Å². The van der Waals surface area contributed by atoms with E-state index in [2.05, 4.69) is 39.5 Å². The number of thioether (sulfide) groups is 2. The highest BCUT2D eigenvalue weighted by molar-refractivity contribution is 9.10. The summed E-state index contributed by atoms with van der Waals surface area (Å²) in [4.78, 5) is 12.2. The Kier molecular flexibility index (Phi) is 1.65. The van der Waals surface area contributed by atoms with Gasteiger partial charge in [-0.3, -0.25) is 4.79 Å². The Bertz CT molecular complexity index is 524. The molecule has 5 heteroatoms. The van der Waals surface area contributed by atoms with E-state index in [0.29, 0.717) is 26.2 Å². The Hall–Kier alpha value is 0.650. The molecule has 0 N–H and O–H groups in total. The number of methoxy groups -OCH3 is 1. The Balaban J connectivity index is 1.47. The summed E-state index contributed by atoms with van der Waals surface area (Å²) >= 11 is 8.64. The molecule has 2 bridgehead atoms. The number of alkyl halides is 1. The van der Waals surface area contributed by atoms with Gasteiger partial charge < -0.3 is 4.74 Å². The van der Waals surface area contributed by atoms with Crippen LogP contribution in [0.4, 0.5) is 0 Å². The van der Waals surface area contributed by atoms with Gasteiger partial charge in [-0.25, -0.2) is 0 Å². The molecule has 0 radical (unpaired) electrons. The van der Waals surface area contributed by atoms with Crippen LogP contribution in [0.1, 0.15) is 6.42 Å². The Morgan fingerprint density at radius 1 is 1.16 bits per heavy atom. The van der Waals surface area contributed by atoms with Crippen molar-refractivity contribution in [1.82, 2.24) is 0 Å². The predicted molar refractivity (Wildman–Crippen MR) is 79.3 cm³/mol. The third-order valence-electron chi connectivity index (χ3n) is 7.48. The number of carbonyl (C=O) groups excluding carboxylic acids is 1. The summed E-state index contributed by atoms with van der Waals surface area (Å²) < 4.78 is 5.94. The molecular formula is C14H15BrO2S2. The average Bonchev–Trinajstić information content (AvgIpc) is 2.86. The third kappa shape index (κ3) is 0.705. The predicted octanol–water partition coefficient (Wildman–Crippen LogP) is 2.61.